The van der Waals surface area contributed by atoms with Crippen LogP contribution in [0, 0.1) is 0 Å². The van der Waals surface area contributed by atoms with Crippen LogP contribution >= 0.6 is 0 Å². The Labute approximate surface area is 84.7 Å². The van der Waals surface area contributed by atoms with Gasteiger partial charge in [0.05, 0.1) is 18.0 Å². The molecule has 5 heteroatoms. The smallest absolute Gasteiger partial charge is 0.259 e. The second kappa shape index (κ2) is 3.53. The van der Waals surface area contributed by atoms with Gasteiger partial charge in [-0.3, -0.25) is 9.59 Å². The van der Waals surface area contributed by atoms with Crippen molar-refractivity contribution in [3.05, 3.63) is 34.4 Å². The van der Waals surface area contributed by atoms with Gasteiger partial charge < -0.3 is 9.72 Å². The van der Waals surface area contributed by atoms with E-state index in [1.807, 2.05) is 0 Å². The fourth-order valence-corrected chi connectivity index (χ4v) is 1.32. The molecule has 0 unspecified atom stereocenters. The van der Waals surface area contributed by atoms with Gasteiger partial charge in [0, 0.05) is 6.07 Å². The quantitative estimate of drug-likeness (QED) is 0.732. The van der Waals surface area contributed by atoms with Crippen molar-refractivity contribution in [3.63, 3.8) is 0 Å². The SMILES string of the molecule is COc1ccc2c(=O)[nH]c(C=O)nc2c1. The summed E-state index contributed by atoms with van der Waals surface area (Å²) in [5, 5.41) is 0.432. The molecule has 0 aliphatic rings. The van der Waals surface area contributed by atoms with Gasteiger partial charge >= 0.3 is 0 Å². The zero-order chi connectivity index (χ0) is 10.8. The molecule has 1 aromatic heterocycles. The van der Waals surface area contributed by atoms with E-state index in [9.17, 15) is 9.59 Å². The summed E-state index contributed by atoms with van der Waals surface area (Å²) in [5.41, 5.74) is 0.116. The second-order valence-corrected chi connectivity index (χ2v) is 2.95. The number of carbonyl (C=O) groups is 1. The number of carbonyl (C=O) groups excluding carboxylic acids is 1. The van der Waals surface area contributed by atoms with E-state index in [1.54, 1.807) is 18.2 Å². The zero-order valence-corrected chi connectivity index (χ0v) is 7.98. The van der Waals surface area contributed by atoms with Crippen molar-refractivity contribution in [1.82, 2.24) is 9.97 Å². The van der Waals surface area contributed by atoms with Crippen molar-refractivity contribution in [2.45, 2.75) is 0 Å². The molecular weight excluding hydrogens is 196 g/mol. The number of aromatic amines is 1. The first-order valence-electron chi connectivity index (χ1n) is 4.28. The summed E-state index contributed by atoms with van der Waals surface area (Å²) in [5.74, 6) is 0.609. The zero-order valence-electron chi connectivity index (χ0n) is 7.98. The third-order valence-electron chi connectivity index (χ3n) is 2.04. The van der Waals surface area contributed by atoms with Crippen LogP contribution in [0.3, 0.4) is 0 Å². The molecule has 5 nitrogen and oxygen atoms in total. The van der Waals surface area contributed by atoms with Crippen molar-refractivity contribution >= 4 is 17.2 Å². The van der Waals surface area contributed by atoms with E-state index in [1.165, 1.54) is 7.11 Å². The monoisotopic (exact) mass is 204 g/mol. The molecule has 0 amide bonds. The lowest BCUT2D eigenvalue weighted by Crippen LogP contribution is -2.11. The minimum atomic E-state index is -0.329. The maximum absolute atomic E-state index is 11.5. The number of fused-ring (bicyclic) bond motifs is 1. The van der Waals surface area contributed by atoms with Crippen LogP contribution in [0.5, 0.6) is 5.75 Å². The number of aromatic nitrogens is 2. The van der Waals surface area contributed by atoms with Crippen LogP contribution < -0.4 is 10.3 Å². The minimum Gasteiger partial charge on any atom is -0.497 e. The number of H-pyrrole nitrogens is 1. The van der Waals surface area contributed by atoms with Gasteiger partial charge in [0.25, 0.3) is 5.56 Å². The number of nitrogens with one attached hydrogen (secondary N) is 1. The third-order valence-corrected chi connectivity index (χ3v) is 2.04. The predicted molar refractivity (Wildman–Crippen MR) is 54.3 cm³/mol. The fourth-order valence-electron chi connectivity index (χ4n) is 1.32. The molecule has 15 heavy (non-hydrogen) atoms. The van der Waals surface area contributed by atoms with Crippen molar-refractivity contribution in [1.29, 1.82) is 0 Å². The molecule has 0 aliphatic carbocycles. The molecule has 1 aromatic carbocycles. The molecule has 0 fully saturated rings. The topological polar surface area (TPSA) is 72.1 Å². The highest BCUT2D eigenvalue weighted by atomic mass is 16.5. The second-order valence-electron chi connectivity index (χ2n) is 2.95. The van der Waals surface area contributed by atoms with E-state index in [0.29, 0.717) is 22.9 Å². The maximum Gasteiger partial charge on any atom is 0.259 e. The fraction of sp³-hybridized carbons (Fsp3) is 0.100. The summed E-state index contributed by atoms with van der Waals surface area (Å²) in [4.78, 5) is 28.3. The normalized spacial score (nSPS) is 10.2. The van der Waals surface area contributed by atoms with Gasteiger partial charge in [0.2, 0.25) is 0 Å². The number of rotatable bonds is 2. The number of ether oxygens (including phenoxy) is 1. The summed E-state index contributed by atoms with van der Waals surface area (Å²) < 4.78 is 5.00. The summed E-state index contributed by atoms with van der Waals surface area (Å²) >= 11 is 0. The standard InChI is InChI=1S/C10H8N2O3/c1-15-6-2-3-7-8(4-6)11-9(5-13)12-10(7)14/h2-5H,1H3,(H,11,12,14). The first-order valence-corrected chi connectivity index (χ1v) is 4.28. The lowest BCUT2D eigenvalue weighted by Gasteiger charge is -2.01. The highest BCUT2D eigenvalue weighted by Crippen LogP contribution is 2.15. The van der Waals surface area contributed by atoms with Gasteiger partial charge in [-0.1, -0.05) is 0 Å². The van der Waals surface area contributed by atoms with Crippen LogP contribution in [0.2, 0.25) is 0 Å². The largest absolute Gasteiger partial charge is 0.497 e. The Morgan fingerprint density at radius 3 is 2.93 bits per heavy atom. The van der Waals surface area contributed by atoms with Crippen LogP contribution in [0.25, 0.3) is 10.9 Å². The molecule has 1 heterocycles. The van der Waals surface area contributed by atoms with Gasteiger partial charge in [-0.25, -0.2) is 4.98 Å². The molecule has 2 aromatic rings. The van der Waals surface area contributed by atoms with Crippen LogP contribution in [-0.4, -0.2) is 23.4 Å². The van der Waals surface area contributed by atoms with Gasteiger partial charge in [0.1, 0.15) is 5.75 Å². The molecule has 0 saturated heterocycles. The summed E-state index contributed by atoms with van der Waals surface area (Å²) in [6.07, 6.45) is 0.500. The van der Waals surface area contributed by atoms with E-state index in [2.05, 4.69) is 9.97 Å². The Morgan fingerprint density at radius 2 is 2.27 bits per heavy atom. The third kappa shape index (κ3) is 1.59. The predicted octanol–water partition coefficient (Wildman–Crippen LogP) is 0.744. The lowest BCUT2D eigenvalue weighted by atomic mass is 10.2. The van der Waals surface area contributed by atoms with Gasteiger partial charge in [0.15, 0.2) is 12.1 Å². The first-order chi connectivity index (χ1) is 7.24. The van der Waals surface area contributed by atoms with Gasteiger partial charge in [-0.15, -0.1) is 0 Å². The molecule has 2 rings (SSSR count). The van der Waals surface area contributed by atoms with Crippen LogP contribution in [0.1, 0.15) is 10.6 Å². The number of hydrogen-bond acceptors (Lipinski definition) is 4. The Morgan fingerprint density at radius 1 is 1.47 bits per heavy atom. The number of methoxy groups -OCH3 is 1. The molecule has 0 saturated carbocycles. The van der Waals surface area contributed by atoms with Gasteiger partial charge in [-0.2, -0.15) is 0 Å². The Bertz CT molecular complexity index is 574. The van der Waals surface area contributed by atoms with E-state index in [4.69, 9.17) is 4.74 Å². The molecule has 0 radical (unpaired) electrons. The average molecular weight is 204 g/mol. The van der Waals surface area contributed by atoms with Crippen molar-refractivity contribution in [2.75, 3.05) is 7.11 Å². The van der Waals surface area contributed by atoms with Gasteiger partial charge in [-0.05, 0) is 12.1 Å². The number of nitrogens with zero attached hydrogens (tertiary/aromatic N) is 1. The van der Waals surface area contributed by atoms with E-state index < -0.39 is 0 Å². The molecule has 0 bridgehead atoms. The molecule has 76 valence electrons. The molecule has 0 aliphatic heterocycles. The Kier molecular flexibility index (Phi) is 2.21. The van der Waals surface area contributed by atoms with Crippen molar-refractivity contribution in [2.24, 2.45) is 0 Å². The summed E-state index contributed by atoms with van der Waals surface area (Å²) in [6, 6.07) is 4.88. The number of hydrogen-bond donors (Lipinski definition) is 1. The highest BCUT2D eigenvalue weighted by Gasteiger charge is 2.03. The molecular formula is C10H8N2O3. The number of benzene rings is 1. The Hall–Kier alpha value is -2.17. The van der Waals surface area contributed by atoms with Crippen LogP contribution in [0.15, 0.2) is 23.0 Å². The first kappa shape index (κ1) is 9.39. The van der Waals surface area contributed by atoms with Crippen molar-refractivity contribution < 1.29 is 9.53 Å². The lowest BCUT2D eigenvalue weighted by molar-refractivity contribution is 0.111. The van der Waals surface area contributed by atoms with Crippen molar-refractivity contribution in [3.8, 4) is 5.75 Å². The molecule has 0 atom stereocenters. The molecule has 1 N–H and O–H groups in total. The van der Waals surface area contributed by atoms with Crippen LogP contribution in [0.4, 0.5) is 0 Å². The minimum absolute atomic E-state index is 0.0146. The maximum atomic E-state index is 11.5. The summed E-state index contributed by atoms with van der Waals surface area (Å²) in [6.45, 7) is 0. The van der Waals surface area contributed by atoms with E-state index in [-0.39, 0.29) is 11.4 Å². The van der Waals surface area contributed by atoms with E-state index >= 15 is 0 Å². The van der Waals surface area contributed by atoms with Crippen LogP contribution in [-0.2, 0) is 0 Å². The molecule has 0 spiro atoms. The Balaban J connectivity index is 2.80. The summed E-state index contributed by atoms with van der Waals surface area (Å²) in [7, 11) is 1.52. The average Bonchev–Trinajstić information content (AvgIpc) is 2.28. The number of aldehydes is 1. The van der Waals surface area contributed by atoms with E-state index in [0.717, 1.165) is 0 Å². The highest BCUT2D eigenvalue weighted by molar-refractivity contribution is 5.82.